The number of rotatable bonds is 8. The van der Waals surface area contributed by atoms with Gasteiger partial charge in [0.2, 0.25) is 0 Å². The predicted molar refractivity (Wildman–Crippen MR) is 57.4 cm³/mol. The zero-order valence-electron chi connectivity index (χ0n) is 9.36. The van der Waals surface area contributed by atoms with Crippen LogP contribution in [-0.2, 0) is 50.2 Å². The van der Waals surface area contributed by atoms with E-state index in [-0.39, 0.29) is 42.2 Å². The molecule has 0 aliphatic rings. The first-order valence-corrected chi connectivity index (χ1v) is 7.64. The van der Waals surface area contributed by atoms with E-state index in [1.807, 2.05) is 0 Å². The number of hydrogen-bond donors (Lipinski definition) is 1. The van der Waals surface area contributed by atoms with E-state index in [1.54, 1.807) is 20.8 Å². The molecular weight excluding hydrogens is 353 g/mol. The Morgan fingerprint density at radius 1 is 1.00 bits per heavy atom. The van der Waals surface area contributed by atoms with E-state index in [0.29, 0.717) is 0 Å². The molecule has 10 heteroatoms. The molecule has 0 heterocycles. The minimum absolute atomic E-state index is 0. The van der Waals surface area contributed by atoms with Crippen LogP contribution < -0.4 is 5.14 Å². The third-order valence-electron chi connectivity index (χ3n) is 1.18. The second-order valence-electron chi connectivity index (χ2n) is 2.38. The second kappa shape index (κ2) is 8.93. The maximum Gasteiger partial charge on any atom is 0 e. The molecule has 105 valence electrons. The number of nitrogens with two attached hydrogens (primary N) is 1. The summed E-state index contributed by atoms with van der Waals surface area (Å²) in [5.74, 6) is 0. The predicted octanol–water partition coefficient (Wildman–Crippen LogP) is 0.723. The molecule has 0 saturated carbocycles. The van der Waals surface area contributed by atoms with Gasteiger partial charge in [0.25, 0.3) is 0 Å². The summed E-state index contributed by atoms with van der Waals surface area (Å²) in [5, 5.41) is 4.76. The van der Waals surface area contributed by atoms with Crippen LogP contribution in [0.1, 0.15) is 20.8 Å². The molecule has 2 N–H and O–H groups in total. The molecule has 0 spiro atoms. The van der Waals surface area contributed by atoms with Crippen molar-refractivity contribution in [3.05, 3.63) is 0 Å². The Bertz CT molecular complexity index is 257. The number of hydrogen-bond acceptors (Lipinski definition) is 6. The van der Waals surface area contributed by atoms with Crippen molar-refractivity contribution in [3.8, 4) is 0 Å². The fourth-order valence-electron chi connectivity index (χ4n) is 0.870. The Balaban J connectivity index is 0. The average molecular weight is 371 g/mol. The molecule has 0 unspecified atom stereocenters. The van der Waals surface area contributed by atoms with Gasteiger partial charge in [-0.05, 0) is 0 Å². The molecule has 0 atom stereocenters. The van der Waals surface area contributed by atoms with E-state index >= 15 is 0 Å². The molecule has 0 bridgehead atoms. The van der Waals surface area contributed by atoms with Crippen LogP contribution in [0.2, 0.25) is 0 Å². The summed E-state index contributed by atoms with van der Waals surface area (Å²) < 4.78 is 41.5. The monoisotopic (exact) mass is 370 g/mol. The van der Waals surface area contributed by atoms with Gasteiger partial charge >= 0.3 is 90.2 Å². The molecule has 0 aliphatic heterocycles. The molecule has 7 nitrogen and oxygen atoms in total. The largest absolute Gasteiger partial charge is 0 e. The summed E-state index contributed by atoms with van der Waals surface area (Å²) in [6.07, 6.45) is 0. The maximum absolute atomic E-state index is 10.8. The normalized spacial score (nSPS) is 13.2. The van der Waals surface area contributed by atoms with E-state index in [2.05, 4.69) is 3.97 Å². The van der Waals surface area contributed by atoms with Crippen molar-refractivity contribution in [3.63, 3.8) is 0 Å². The Morgan fingerprint density at radius 3 is 1.50 bits per heavy atom. The standard InChI is InChI=1S/C6H18NO6PS.Ag/c1-4-10-14(11-5-2,12-6-3)13-15(7,8)9;/h14H,4-6H2,1-3H3,(H2,7,8,9);. The summed E-state index contributed by atoms with van der Waals surface area (Å²) in [4.78, 5) is 0. The van der Waals surface area contributed by atoms with Gasteiger partial charge in [-0.1, -0.05) is 0 Å². The van der Waals surface area contributed by atoms with Gasteiger partial charge in [-0.25, -0.2) is 0 Å². The van der Waals surface area contributed by atoms with Crippen LogP contribution in [0.3, 0.4) is 0 Å². The van der Waals surface area contributed by atoms with Crippen molar-refractivity contribution < 1.29 is 48.3 Å². The topological polar surface area (TPSA) is 97.1 Å². The van der Waals surface area contributed by atoms with Crippen LogP contribution in [0.25, 0.3) is 0 Å². The third-order valence-corrected chi connectivity index (χ3v) is 4.85. The average Bonchev–Trinajstić information content (AvgIpc) is 2.01. The van der Waals surface area contributed by atoms with Crippen molar-refractivity contribution in [1.82, 2.24) is 0 Å². The second-order valence-corrected chi connectivity index (χ2v) is 5.89. The summed E-state index contributed by atoms with van der Waals surface area (Å²) in [6.45, 7) is 5.65. The quantitative estimate of drug-likeness (QED) is 0.499. The Hall–Kier alpha value is 0.920. The van der Waals surface area contributed by atoms with Crippen molar-refractivity contribution in [2.24, 2.45) is 5.14 Å². The summed E-state index contributed by atoms with van der Waals surface area (Å²) in [7, 11) is -7.81. The molecule has 0 saturated heterocycles. The molecule has 0 amide bonds. The zero-order valence-corrected chi connectivity index (χ0v) is 12.7. The van der Waals surface area contributed by atoms with Crippen LogP contribution in [0.4, 0.5) is 0 Å². The van der Waals surface area contributed by atoms with Gasteiger partial charge in [-0.2, -0.15) is 0 Å². The van der Waals surface area contributed by atoms with E-state index in [1.165, 1.54) is 0 Å². The first-order chi connectivity index (χ1) is 6.89. The van der Waals surface area contributed by atoms with Crippen LogP contribution in [-0.4, -0.2) is 28.2 Å². The molecular formula is C6H18AgNO6PS. The van der Waals surface area contributed by atoms with Gasteiger partial charge in [0.15, 0.2) is 0 Å². The minimum atomic E-state index is -4.16. The molecule has 0 aliphatic carbocycles. The molecule has 16 heavy (non-hydrogen) atoms. The van der Waals surface area contributed by atoms with Crippen molar-refractivity contribution >= 4 is 18.5 Å². The fraction of sp³-hybridized carbons (Fsp3) is 1.00. The minimum Gasteiger partial charge on any atom is 0 e. The van der Waals surface area contributed by atoms with Crippen molar-refractivity contribution in [2.75, 3.05) is 19.8 Å². The smallest absolute Gasteiger partial charge is 0 e. The zero-order chi connectivity index (χ0) is 11.9. The van der Waals surface area contributed by atoms with E-state index in [0.717, 1.165) is 0 Å². The van der Waals surface area contributed by atoms with E-state index in [4.69, 9.17) is 18.7 Å². The van der Waals surface area contributed by atoms with Gasteiger partial charge in [0, 0.05) is 22.4 Å². The fourth-order valence-corrected chi connectivity index (χ4v) is 3.90. The van der Waals surface area contributed by atoms with E-state index < -0.39 is 18.5 Å². The van der Waals surface area contributed by atoms with Crippen LogP contribution in [0, 0.1) is 0 Å². The molecule has 0 fully saturated rings. The third kappa shape index (κ3) is 8.08. The Labute approximate surface area is 112 Å². The molecule has 0 aromatic rings. The van der Waals surface area contributed by atoms with Crippen molar-refractivity contribution in [2.45, 2.75) is 20.8 Å². The van der Waals surface area contributed by atoms with Crippen LogP contribution in [0.15, 0.2) is 0 Å². The summed E-state index contributed by atoms with van der Waals surface area (Å²) in [5.41, 5.74) is 0. The van der Waals surface area contributed by atoms with Crippen LogP contribution in [0.5, 0.6) is 0 Å². The van der Waals surface area contributed by atoms with Gasteiger partial charge in [0.05, 0.1) is 0 Å². The van der Waals surface area contributed by atoms with Gasteiger partial charge in [-0.3, -0.25) is 0 Å². The van der Waals surface area contributed by atoms with Gasteiger partial charge in [-0.15, -0.1) is 0 Å². The van der Waals surface area contributed by atoms with Crippen LogP contribution >= 0.6 is 8.17 Å². The molecule has 0 aromatic carbocycles. The summed E-state index contributed by atoms with van der Waals surface area (Å²) in [6, 6.07) is 0. The maximum atomic E-state index is 10.8. The Kier molecular flexibility index (Phi) is 10.8. The first kappa shape index (κ1) is 19.3. The first-order valence-electron chi connectivity index (χ1n) is 4.54. The SMILES string of the molecule is CCO[PH](OCC)(OCC)OS(N)(=O)=O.[Ag]. The molecule has 0 aromatic heterocycles. The van der Waals surface area contributed by atoms with E-state index in [9.17, 15) is 8.42 Å². The molecule has 1 radical (unpaired) electrons. The summed E-state index contributed by atoms with van der Waals surface area (Å²) >= 11 is 0. The van der Waals surface area contributed by atoms with Gasteiger partial charge in [0.1, 0.15) is 0 Å². The van der Waals surface area contributed by atoms with Crippen molar-refractivity contribution in [1.29, 1.82) is 0 Å². The Morgan fingerprint density at radius 2 is 1.31 bits per heavy atom. The van der Waals surface area contributed by atoms with Gasteiger partial charge < -0.3 is 0 Å². The molecule has 0 rings (SSSR count).